The Morgan fingerprint density at radius 2 is 2.07 bits per heavy atom. The summed E-state index contributed by atoms with van der Waals surface area (Å²) in [6.07, 6.45) is 5.48. The molecule has 216 valence electrons. The zero-order valence-corrected chi connectivity index (χ0v) is 24.6. The monoisotopic (exact) mass is 578 g/mol. The van der Waals surface area contributed by atoms with Crippen molar-refractivity contribution < 1.29 is 19.9 Å². The van der Waals surface area contributed by atoms with Crippen molar-refractivity contribution >= 4 is 20.3 Å². The van der Waals surface area contributed by atoms with E-state index in [1.54, 1.807) is 30.3 Å². The second-order valence-corrected chi connectivity index (χ2v) is 11.2. The van der Waals surface area contributed by atoms with Gasteiger partial charge in [-0.1, -0.05) is 36.0 Å². The molecule has 1 saturated heterocycles. The highest BCUT2D eigenvalue weighted by Crippen LogP contribution is 2.49. The summed E-state index contributed by atoms with van der Waals surface area (Å²) in [5, 5.41) is 11.7. The van der Waals surface area contributed by atoms with Crippen LogP contribution in [0.2, 0.25) is 0 Å². The van der Waals surface area contributed by atoms with Crippen LogP contribution in [0.4, 0.5) is 5.82 Å². The second kappa shape index (κ2) is 15.5. The fraction of sp³-hybridized carbons (Fsp3) is 0.467. The molecule has 0 bridgehead atoms. The van der Waals surface area contributed by atoms with E-state index in [1.165, 1.54) is 10.8 Å². The molecule has 0 saturated carbocycles. The first-order valence-electron chi connectivity index (χ1n) is 14.0. The normalized spacial score (nSPS) is 19.2. The van der Waals surface area contributed by atoms with E-state index in [2.05, 4.69) is 38.8 Å². The molecule has 1 fully saturated rings. The summed E-state index contributed by atoms with van der Waals surface area (Å²) in [6, 6.07) is 10.8. The third kappa shape index (κ3) is 8.72. The van der Waals surface area contributed by atoms with E-state index < -0.39 is 38.6 Å². The predicted molar refractivity (Wildman–Crippen MR) is 158 cm³/mol. The Kier molecular flexibility index (Phi) is 11.5. The smallest absolute Gasteiger partial charge is 0.351 e. The number of ether oxygens (including phenoxy) is 1. The lowest BCUT2D eigenvalue weighted by Gasteiger charge is -2.37. The quantitative estimate of drug-likeness (QED) is 0.229. The van der Waals surface area contributed by atoms with Crippen LogP contribution in [0.3, 0.4) is 0 Å². The van der Waals surface area contributed by atoms with Gasteiger partial charge in [0.05, 0.1) is 43.3 Å². The van der Waals surface area contributed by atoms with E-state index in [0.29, 0.717) is 5.56 Å². The second-order valence-electron chi connectivity index (χ2n) is 9.75. The van der Waals surface area contributed by atoms with Crippen LogP contribution < -0.4 is 11.0 Å². The highest BCUT2D eigenvalue weighted by Gasteiger charge is 2.39. The van der Waals surface area contributed by atoms with Gasteiger partial charge in [0.25, 0.3) is 14.4 Å². The fourth-order valence-electron chi connectivity index (χ4n) is 4.22. The first kappa shape index (κ1) is 30.4. The molecule has 41 heavy (non-hydrogen) atoms. The van der Waals surface area contributed by atoms with Gasteiger partial charge in [0.2, 0.25) is 0 Å². The summed E-state index contributed by atoms with van der Waals surface area (Å²) in [5.74, 6) is 7.73. The van der Waals surface area contributed by atoms with E-state index in [1.807, 2.05) is 27.7 Å². The van der Waals surface area contributed by atoms with Crippen molar-refractivity contribution in [1.29, 1.82) is 5.26 Å². The number of nitrogens with zero attached hydrogens (tertiary/aromatic N) is 4. The van der Waals surface area contributed by atoms with Gasteiger partial charge >= 0.3 is 5.69 Å². The number of amides is 1. The standard InChI is InChI=1S/C30H36N5O5P/c1-7-8-10-16-25-20-34(30(37)33-28(25)32-29(36)24-14-11-9-12-15-24)27-19-26(23(6)39-27)40-41(38-18-13-17-31)35(21(2)3)22(4)5/h1,9,11-12,14-15,20-23,26-27H,8,13,18-19H2,2-6H3,(H,32,33,36,37)/t23-,26-,27-,41?/m1/s1/i6D. The molecule has 2 heterocycles. The molecule has 0 radical (unpaired) electrons. The minimum absolute atomic E-state index is 0.0105. The van der Waals surface area contributed by atoms with Crippen LogP contribution in [0.1, 0.15) is 77.4 Å². The molecule has 2 aromatic rings. The van der Waals surface area contributed by atoms with Crippen molar-refractivity contribution in [1.82, 2.24) is 14.2 Å². The highest BCUT2D eigenvalue weighted by molar-refractivity contribution is 7.44. The highest BCUT2D eigenvalue weighted by atomic mass is 31.2. The first-order valence-corrected chi connectivity index (χ1v) is 14.4. The zero-order chi connectivity index (χ0) is 30.6. The molecule has 1 aromatic carbocycles. The van der Waals surface area contributed by atoms with Crippen LogP contribution in [0.25, 0.3) is 0 Å². The van der Waals surface area contributed by atoms with Crippen molar-refractivity contribution in [3.8, 4) is 30.3 Å². The van der Waals surface area contributed by atoms with Crippen LogP contribution >= 0.6 is 8.53 Å². The lowest BCUT2D eigenvalue weighted by Crippen LogP contribution is -2.35. The molecular formula is C30H36N5O5P. The number of hydrogen-bond donors (Lipinski definition) is 1. The number of terminal acetylenes is 1. The third-order valence-corrected chi connectivity index (χ3v) is 8.17. The summed E-state index contributed by atoms with van der Waals surface area (Å²) in [5.41, 5.74) is 0.0277. The molecule has 10 nitrogen and oxygen atoms in total. The minimum atomic E-state index is -1.58. The Labute approximate surface area is 244 Å². The first-order chi connectivity index (χ1) is 20.2. The number of carbonyl (C=O) groups excluding carboxylic acids is 1. The van der Waals surface area contributed by atoms with Gasteiger partial charge in [-0.25, -0.2) is 9.46 Å². The van der Waals surface area contributed by atoms with Gasteiger partial charge in [-0.15, -0.1) is 6.42 Å². The molecule has 1 aliphatic heterocycles. The van der Waals surface area contributed by atoms with Crippen molar-refractivity contribution in [2.45, 2.75) is 84.4 Å². The Bertz CT molecular complexity index is 1400. The van der Waals surface area contributed by atoms with Crippen LogP contribution in [0, 0.1) is 35.5 Å². The molecule has 1 N–H and O–H groups in total. The van der Waals surface area contributed by atoms with Gasteiger partial charge in [0, 0.05) is 31.6 Å². The maximum atomic E-state index is 13.2. The van der Waals surface area contributed by atoms with Gasteiger partial charge in [-0.3, -0.25) is 9.36 Å². The average Bonchev–Trinajstić information content (AvgIpc) is 3.36. The number of benzene rings is 1. The fourth-order valence-corrected chi connectivity index (χ4v) is 5.98. The average molecular weight is 579 g/mol. The predicted octanol–water partition coefficient (Wildman–Crippen LogP) is 4.84. The third-order valence-electron chi connectivity index (χ3n) is 6.01. The summed E-state index contributed by atoms with van der Waals surface area (Å²) in [6.45, 7) is 8.25. The molecule has 11 heteroatoms. The van der Waals surface area contributed by atoms with Crippen LogP contribution in [-0.2, 0) is 13.8 Å². The van der Waals surface area contributed by atoms with Gasteiger partial charge in [0.1, 0.15) is 6.23 Å². The maximum absolute atomic E-state index is 13.2. The van der Waals surface area contributed by atoms with E-state index in [9.17, 15) is 9.59 Å². The number of rotatable bonds is 11. The molecule has 3 rings (SSSR count). The molecule has 0 spiro atoms. The summed E-state index contributed by atoms with van der Waals surface area (Å²) in [7, 11) is -1.58. The van der Waals surface area contributed by atoms with Crippen molar-refractivity contribution in [2.24, 2.45) is 0 Å². The van der Waals surface area contributed by atoms with Crippen molar-refractivity contribution in [2.75, 3.05) is 11.9 Å². The SMILES string of the molecule is [2H]C[C@H]1O[C@@H](n2cc(C#CCC#C)c(NC(=O)c3ccccc3)nc2=O)C[C@H]1OP(OCCC#N)N(C(C)C)C(C)C. The lowest BCUT2D eigenvalue weighted by molar-refractivity contribution is -0.00869. The summed E-state index contributed by atoms with van der Waals surface area (Å²) < 4.78 is 30.1. The minimum Gasteiger partial charge on any atom is -0.352 e. The van der Waals surface area contributed by atoms with Crippen LogP contribution in [0.5, 0.6) is 0 Å². The van der Waals surface area contributed by atoms with Crippen LogP contribution in [-0.4, -0.2) is 51.0 Å². The largest absolute Gasteiger partial charge is 0.352 e. The lowest BCUT2D eigenvalue weighted by atomic mass is 10.2. The van der Waals surface area contributed by atoms with Crippen LogP contribution in [0.15, 0.2) is 41.3 Å². The molecule has 1 aromatic heterocycles. The van der Waals surface area contributed by atoms with E-state index in [4.69, 9.17) is 26.8 Å². The number of anilines is 1. The molecule has 0 aliphatic carbocycles. The number of aromatic nitrogens is 2. The van der Waals surface area contributed by atoms with E-state index in [0.717, 1.165) is 0 Å². The Morgan fingerprint density at radius 3 is 2.71 bits per heavy atom. The number of hydrogen-bond acceptors (Lipinski definition) is 8. The van der Waals surface area contributed by atoms with Crippen molar-refractivity contribution in [3.63, 3.8) is 0 Å². The van der Waals surface area contributed by atoms with E-state index >= 15 is 0 Å². The van der Waals surface area contributed by atoms with Gasteiger partial charge < -0.3 is 19.1 Å². The molecular weight excluding hydrogens is 541 g/mol. The van der Waals surface area contributed by atoms with Gasteiger partial charge in [-0.2, -0.15) is 10.2 Å². The molecule has 1 unspecified atom stereocenters. The summed E-state index contributed by atoms with van der Waals surface area (Å²) in [4.78, 5) is 30.1. The number of carbonyl (C=O) groups is 1. The maximum Gasteiger partial charge on any atom is 0.351 e. The van der Waals surface area contributed by atoms with Crippen molar-refractivity contribution in [3.05, 3.63) is 58.1 Å². The van der Waals surface area contributed by atoms with Gasteiger partial charge in [0.15, 0.2) is 5.82 Å². The zero-order valence-electron chi connectivity index (χ0n) is 24.7. The molecule has 1 aliphatic rings. The van der Waals surface area contributed by atoms with Gasteiger partial charge in [-0.05, 0) is 46.7 Å². The van der Waals surface area contributed by atoms with E-state index in [-0.39, 0.29) is 56.2 Å². The topological polar surface area (TPSA) is 119 Å². The Balaban J connectivity index is 1.90. The Morgan fingerprint density at radius 1 is 1.34 bits per heavy atom. The number of nitriles is 1. The number of nitrogens with one attached hydrogen (secondary N) is 1. The Hall–Kier alpha value is -3.55. The summed E-state index contributed by atoms with van der Waals surface area (Å²) >= 11 is 0. The molecule has 4 atom stereocenters. The molecule has 1 amide bonds.